The lowest BCUT2D eigenvalue weighted by atomic mass is 9.93. The van der Waals surface area contributed by atoms with Crippen molar-refractivity contribution >= 4 is 27.4 Å². The Labute approximate surface area is 139 Å². The van der Waals surface area contributed by atoms with Gasteiger partial charge in [-0.25, -0.2) is 13.4 Å². The summed E-state index contributed by atoms with van der Waals surface area (Å²) in [5, 5.41) is 0.375. The number of sulfonamides is 1. The number of halogens is 1. The second-order valence-corrected chi connectivity index (χ2v) is 7.71. The van der Waals surface area contributed by atoms with Crippen molar-refractivity contribution in [2.45, 2.75) is 17.7 Å². The van der Waals surface area contributed by atoms with E-state index < -0.39 is 10.0 Å². The molecule has 2 heterocycles. The van der Waals surface area contributed by atoms with Crippen molar-refractivity contribution in [3.8, 4) is 0 Å². The van der Waals surface area contributed by atoms with Gasteiger partial charge in [0.25, 0.3) is 5.89 Å². The maximum atomic E-state index is 12.6. The molecule has 0 saturated carbocycles. The molecule has 1 saturated heterocycles. The van der Waals surface area contributed by atoms with E-state index >= 15 is 0 Å². The number of aromatic nitrogens is 1. The van der Waals surface area contributed by atoms with Crippen molar-refractivity contribution in [1.29, 1.82) is 0 Å². The minimum absolute atomic E-state index is 0.0844. The molecule has 1 aliphatic heterocycles. The van der Waals surface area contributed by atoms with Gasteiger partial charge in [-0.2, -0.15) is 4.31 Å². The van der Waals surface area contributed by atoms with Crippen LogP contribution in [0.3, 0.4) is 0 Å². The molecule has 3 rings (SSSR count). The molecule has 6 nitrogen and oxygen atoms in total. The SMILES string of the molecule is O=C(c1ncco1)C1CCN(S(=O)(=O)c2cccc(Cl)c2)CC1. The molecule has 0 N–H and O–H groups in total. The number of piperidine rings is 1. The van der Waals surface area contributed by atoms with E-state index in [4.69, 9.17) is 16.0 Å². The highest BCUT2D eigenvalue weighted by molar-refractivity contribution is 7.89. The summed E-state index contributed by atoms with van der Waals surface area (Å²) in [5.41, 5.74) is 0. The van der Waals surface area contributed by atoms with E-state index in [1.807, 2.05) is 0 Å². The molecule has 2 aromatic rings. The van der Waals surface area contributed by atoms with Crippen molar-refractivity contribution in [2.75, 3.05) is 13.1 Å². The van der Waals surface area contributed by atoms with Crippen LogP contribution in [0.4, 0.5) is 0 Å². The molecular formula is C15H15ClN2O4S. The maximum absolute atomic E-state index is 12.6. The van der Waals surface area contributed by atoms with E-state index in [0.717, 1.165) is 0 Å². The zero-order valence-electron chi connectivity index (χ0n) is 12.2. The van der Waals surface area contributed by atoms with Crippen molar-refractivity contribution in [3.05, 3.63) is 47.6 Å². The quantitative estimate of drug-likeness (QED) is 0.788. The Hall–Kier alpha value is -1.70. The Morgan fingerprint density at radius 2 is 2.04 bits per heavy atom. The second-order valence-electron chi connectivity index (χ2n) is 5.34. The van der Waals surface area contributed by atoms with Gasteiger partial charge in [-0.15, -0.1) is 0 Å². The fourth-order valence-corrected chi connectivity index (χ4v) is 4.43. The standard InChI is InChI=1S/C15H15ClN2O4S/c16-12-2-1-3-13(10-12)23(20,21)18-7-4-11(5-8-18)14(19)15-17-6-9-22-15/h1-3,6,9-11H,4-5,7-8H2. The summed E-state index contributed by atoms with van der Waals surface area (Å²) in [6, 6.07) is 6.18. The fraction of sp³-hybridized carbons (Fsp3) is 0.333. The summed E-state index contributed by atoms with van der Waals surface area (Å²) in [5.74, 6) is -0.351. The third-order valence-electron chi connectivity index (χ3n) is 3.90. The van der Waals surface area contributed by atoms with Crippen molar-refractivity contribution in [2.24, 2.45) is 5.92 Å². The van der Waals surface area contributed by atoms with Crippen LogP contribution < -0.4 is 0 Å². The van der Waals surface area contributed by atoms with E-state index in [-0.39, 0.29) is 35.6 Å². The lowest BCUT2D eigenvalue weighted by Crippen LogP contribution is -2.40. The Morgan fingerprint density at radius 3 is 2.65 bits per heavy atom. The van der Waals surface area contributed by atoms with Gasteiger partial charge in [0.05, 0.1) is 11.1 Å². The molecule has 0 bridgehead atoms. The second kappa shape index (κ2) is 6.43. The largest absolute Gasteiger partial charge is 0.442 e. The first-order valence-electron chi connectivity index (χ1n) is 7.18. The monoisotopic (exact) mass is 354 g/mol. The van der Waals surface area contributed by atoms with E-state index in [2.05, 4.69) is 4.98 Å². The maximum Gasteiger partial charge on any atom is 0.263 e. The molecule has 0 atom stereocenters. The highest BCUT2D eigenvalue weighted by Crippen LogP contribution is 2.26. The molecule has 0 aliphatic carbocycles. The molecule has 1 aromatic carbocycles. The first-order chi connectivity index (χ1) is 11.0. The number of oxazole rings is 1. The lowest BCUT2D eigenvalue weighted by molar-refractivity contribution is 0.0839. The predicted octanol–water partition coefficient (Wildman–Crippen LogP) is 2.61. The van der Waals surface area contributed by atoms with Crippen LogP contribution in [0.5, 0.6) is 0 Å². The van der Waals surface area contributed by atoms with Gasteiger partial charge in [0.1, 0.15) is 6.26 Å². The molecule has 122 valence electrons. The zero-order valence-corrected chi connectivity index (χ0v) is 13.8. The normalized spacial score (nSPS) is 17.3. The van der Waals surface area contributed by atoms with Crippen molar-refractivity contribution in [3.63, 3.8) is 0 Å². The van der Waals surface area contributed by atoms with Crippen LogP contribution in [0, 0.1) is 5.92 Å². The Kier molecular flexibility index (Phi) is 4.52. The van der Waals surface area contributed by atoms with Crippen LogP contribution in [0.1, 0.15) is 23.5 Å². The number of benzene rings is 1. The van der Waals surface area contributed by atoms with Crippen molar-refractivity contribution in [1.82, 2.24) is 9.29 Å². The third-order valence-corrected chi connectivity index (χ3v) is 6.03. The smallest absolute Gasteiger partial charge is 0.263 e. The average molecular weight is 355 g/mol. The lowest BCUT2D eigenvalue weighted by Gasteiger charge is -2.30. The van der Waals surface area contributed by atoms with Crippen LogP contribution in [-0.2, 0) is 10.0 Å². The molecule has 0 radical (unpaired) electrons. The average Bonchev–Trinajstić information content (AvgIpc) is 3.09. The Balaban J connectivity index is 1.70. The Bertz CT molecular complexity index is 797. The zero-order chi connectivity index (χ0) is 16.4. The summed E-state index contributed by atoms with van der Waals surface area (Å²) < 4.78 is 31.6. The van der Waals surface area contributed by atoms with Gasteiger partial charge in [0.2, 0.25) is 15.8 Å². The fourth-order valence-electron chi connectivity index (χ4n) is 2.65. The van der Waals surface area contributed by atoms with Crippen LogP contribution in [0.2, 0.25) is 5.02 Å². The minimum Gasteiger partial charge on any atom is -0.442 e. The summed E-state index contributed by atoms with van der Waals surface area (Å²) in [4.78, 5) is 16.2. The van der Waals surface area contributed by atoms with Crippen LogP contribution in [-0.4, -0.2) is 36.6 Å². The van der Waals surface area contributed by atoms with E-state index in [1.165, 1.54) is 28.9 Å². The number of Topliss-reactive ketones (excluding diaryl/α,β-unsaturated/α-hetero) is 1. The molecule has 1 aliphatic rings. The van der Waals surface area contributed by atoms with Crippen LogP contribution >= 0.6 is 11.6 Å². The number of hydrogen-bond donors (Lipinski definition) is 0. The van der Waals surface area contributed by atoms with Crippen LogP contribution in [0.25, 0.3) is 0 Å². The van der Waals surface area contributed by atoms with Gasteiger partial charge in [-0.1, -0.05) is 17.7 Å². The number of carbonyl (C=O) groups excluding carboxylic acids is 1. The molecule has 23 heavy (non-hydrogen) atoms. The number of nitrogens with zero attached hydrogens (tertiary/aromatic N) is 2. The first-order valence-corrected chi connectivity index (χ1v) is 9.00. The van der Waals surface area contributed by atoms with Crippen LogP contribution in [0.15, 0.2) is 46.0 Å². The van der Waals surface area contributed by atoms with Gasteiger partial charge >= 0.3 is 0 Å². The number of hydrogen-bond acceptors (Lipinski definition) is 5. The Morgan fingerprint density at radius 1 is 1.30 bits per heavy atom. The third kappa shape index (κ3) is 3.31. The van der Waals surface area contributed by atoms with Gasteiger partial charge in [-0.05, 0) is 31.0 Å². The van der Waals surface area contributed by atoms with E-state index in [9.17, 15) is 13.2 Å². The minimum atomic E-state index is -3.59. The molecule has 0 amide bonds. The van der Waals surface area contributed by atoms with E-state index in [1.54, 1.807) is 12.1 Å². The molecule has 8 heteroatoms. The molecule has 1 aromatic heterocycles. The van der Waals surface area contributed by atoms with Gasteiger partial charge < -0.3 is 4.42 Å². The number of rotatable bonds is 4. The summed E-state index contributed by atoms with van der Waals surface area (Å²) in [6.07, 6.45) is 3.67. The predicted molar refractivity (Wildman–Crippen MR) is 83.8 cm³/mol. The topological polar surface area (TPSA) is 80.5 Å². The first kappa shape index (κ1) is 16.2. The van der Waals surface area contributed by atoms with Gasteiger partial charge in [0.15, 0.2) is 0 Å². The highest BCUT2D eigenvalue weighted by atomic mass is 35.5. The van der Waals surface area contributed by atoms with Gasteiger partial charge in [-0.3, -0.25) is 4.79 Å². The summed E-state index contributed by atoms with van der Waals surface area (Å²) in [7, 11) is -3.59. The molecular weight excluding hydrogens is 340 g/mol. The van der Waals surface area contributed by atoms with Gasteiger partial charge in [0, 0.05) is 24.0 Å². The number of carbonyl (C=O) groups is 1. The molecule has 1 fully saturated rings. The summed E-state index contributed by atoms with van der Waals surface area (Å²) in [6.45, 7) is 0.567. The summed E-state index contributed by atoms with van der Waals surface area (Å²) >= 11 is 5.87. The highest BCUT2D eigenvalue weighted by Gasteiger charge is 2.33. The van der Waals surface area contributed by atoms with E-state index in [0.29, 0.717) is 17.9 Å². The molecule has 0 spiro atoms. The number of ketones is 1. The van der Waals surface area contributed by atoms with Crippen molar-refractivity contribution < 1.29 is 17.6 Å². The molecule has 0 unspecified atom stereocenters.